The zero-order valence-corrected chi connectivity index (χ0v) is 14.7. The van der Waals surface area contributed by atoms with Crippen LogP contribution in [-0.4, -0.2) is 28.1 Å². The summed E-state index contributed by atoms with van der Waals surface area (Å²) in [4.78, 5) is 20.5. The van der Waals surface area contributed by atoms with Crippen LogP contribution in [0.2, 0.25) is 0 Å². The van der Waals surface area contributed by atoms with Gasteiger partial charge in [-0.2, -0.15) is 0 Å². The Bertz CT molecular complexity index is 681. The summed E-state index contributed by atoms with van der Waals surface area (Å²) < 4.78 is 11.1. The van der Waals surface area contributed by atoms with Crippen LogP contribution in [-0.2, 0) is 4.74 Å². The van der Waals surface area contributed by atoms with Crippen LogP contribution in [0.4, 0.5) is 0 Å². The Morgan fingerprint density at radius 3 is 2.38 bits per heavy atom. The van der Waals surface area contributed by atoms with E-state index in [0.29, 0.717) is 23.7 Å². The minimum absolute atomic E-state index is 0.315. The standard InChI is InChI=1S/C19H24N2O3/c1-5-11-19(3,4)24-17-16(20-12-13-21-17)14-7-9-15(10-8-14)18(22)23-6-2/h7-10,12-13H,5-6,11H2,1-4H3. The zero-order valence-electron chi connectivity index (χ0n) is 14.7. The number of hydrogen-bond acceptors (Lipinski definition) is 5. The highest BCUT2D eigenvalue weighted by atomic mass is 16.5. The fourth-order valence-electron chi connectivity index (χ4n) is 2.49. The summed E-state index contributed by atoms with van der Waals surface area (Å²) >= 11 is 0. The summed E-state index contributed by atoms with van der Waals surface area (Å²) in [6, 6.07) is 7.11. The molecule has 2 aromatic rings. The number of rotatable bonds is 7. The third-order valence-electron chi connectivity index (χ3n) is 3.56. The van der Waals surface area contributed by atoms with E-state index >= 15 is 0 Å². The Balaban J connectivity index is 2.28. The number of hydrogen-bond donors (Lipinski definition) is 0. The molecule has 128 valence electrons. The van der Waals surface area contributed by atoms with Crippen molar-refractivity contribution in [3.8, 4) is 17.1 Å². The molecule has 0 saturated heterocycles. The summed E-state index contributed by atoms with van der Waals surface area (Å²) in [5, 5.41) is 0. The maximum atomic E-state index is 11.7. The second-order valence-corrected chi connectivity index (χ2v) is 6.12. The van der Waals surface area contributed by atoms with Gasteiger partial charge in [0, 0.05) is 18.0 Å². The number of carbonyl (C=O) groups is 1. The van der Waals surface area contributed by atoms with Gasteiger partial charge in [-0.05, 0) is 39.3 Å². The molecule has 5 nitrogen and oxygen atoms in total. The average Bonchev–Trinajstić information content (AvgIpc) is 2.55. The van der Waals surface area contributed by atoms with Gasteiger partial charge in [-0.15, -0.1) is 0 Å². The average molecular weight is 328 g/mol. The van der Waals surface area contributed by atoms with Crippen LogP contribution in [0.3, 0.4) is 0 Å². The summed E-state index contributed by atoms with van der Waals surface area (Å²) in [5.41, 5.74) is 1.71. The summed E-state index contributed by atoms with van der Waals surface area (Å²) in [6.45, 7) is 8.34. The molecule has 1 aromatic carbocycles. The van der Waals surface area contributed by atoms with Crippen molar-refractivity contribution in [2.75, 3.05) is 6.61 Å². The minimum Gasteiger partial charge on any atom is -0.470 e. The van der Waals surface area contributed by atoms with Crippen molar-refractivity contribution < 1.29 is 14.3 Å². The smallest absolute Gasteiger partial charge is 0.338 e. The first-order valence-corrected chi connectivity index (χ1v) is 8.24. The van der Waals surface area contributed by atoms with E-state index in [0.717, 1.165) is 18.4 Å². The fourth-order valence-corrected chi connectivity index (χ4v) is 2.49. The molecule has 0 atom stereocenters. The Morgan fingerprint density at radius 1 is 1.08 bits per heavy atom. The second kappa shape index (κ2) is 7.90. The van der Waals surface area contributed by atoms with Gasteiger partial charge in [0.2, 0.25) is 5.88 Å². The normalized spacial score (nSPS) is 11.2. The summed E-state index contributed by atoms with van der Waals surface area (Å²) in [6.07, 6.45) is 5.20. The molecule has 1 aromatic heterocycles. The first kappa shape index (κ1) is 17.9. The van der Waals surface area contributed by atoms with Crippen molar-refractivity contribution in [2.24, 2.45) is 0 Å². The van der Waals surface area contributed by atoms with E-state index in [9.17, 15) is 4.79 Å². The van der Waals surface area contributed by atoms with Crippen LogP contribution in [0.1, 0.15) is 50.9 Å². The lowest BCUT2D eigenvalue weighted by Gasteiger charge is -2.26. The predicted octanol–water partition coefficient (Wildman–Crippen LogP) is 4.28. The lowest BCUT2D eigenvalue weighted by molar-refractivity contribution is 0.0526. The van der Waals surface area contributed by atoms with Crippen molar-refractivity contribution >= 4 is 5.97 Å². The molecule has 0 saturated carbocycles. The quantitative estimate of drug-likeness (QED) is 0.710. The lowest BCUT2D eigenvalue weighted by Crippen LogP contribution is -2.28. The van der Waals surface area contributed by atoms with E-state index in [1.165, 1.54) is 0 Å². The van der Waals surface area contributed by atoms with E-state index in [1.807, 2.05) is 26.0 Å². The first-order chi connectivity index (χ1) is 11.5. The maximum Gasteiger partial charge on any atom is 0.338 e. The summed E-state index contributed by atoms with van der Waals surface area (Å²) in [5.74, 6) is 0.170. The van der Waals surface area contributed by atoms with Gasteiger partial charge in [0.05, 0.1) is 12.2 Å². The SMILES string of the molecule is CCCC(C)(C)Oc1nccnc1-c1ccc(C(=O)OCC)cc1. The van der Waals surface area contributed by atoms with Gasteiger partial charge in [-0.25, -0.2) is 14.8 Å². The molecule has 0 fully saturated rings. The molecule has 0 N–H and O–H groups in total. The number of esters is 1. The van der Waals surface area contributed by atoms with Gasteiger partial charge in [-0.1, -0.05) is 25.5 Å². The Morgan fingerprint density at radius 2 is 1.75 bits per heavy atom. The molecular weight excluding hydrogens is 304 g/mol. The van der Waals surface area contributed by atoms with Crippen LogP contribution in [0, 0.1) is 0 Å². The highest BCUT2D eigenvalue weighted by Gasteiger charge is 2.22. The number of nitrogens with zero attached hydrogens (tertiary/aromatic N) is 2. The van der Waals surface area contributed by atoms with Crippen molar-refractivity contribution in [2.45, 2.75) is 46.1 Å². The molecular formula is C19H24N2O3. The second-order valence-electron chi connectivity index (χ2n) is 6.12. The molecule has 2 rings (SSSR count). The molecule has 0 radical (unpaired) electrons. The van der Waals surface area contributed by atoms with Crippen LogP contribution in [0.25, 0.3) is 11.3 Å². The highest BCUT2D eigenvalue weighted by Crippen LogP contribution is 2.29. The van der Waals surface area contributed by atoms with Gasteiger partial charge >= 0.3 is 5.97 Å². The number of benzene rings is 1. The van der Waals surface area contributed by atoms with Crippen LogP contribution >= 0.6 is 0 Å². The van der Waals surface area contributed by atoms with E-state index in [4.69, 9.17) is 9.47 Å². The van der Waals surface area contributed by atoms with Gasteiger partial charge in [0.25, 0.3) is 0 Å². The molecule has 0 unspecified atom stereocenters. The fraction of sp³-hybridized carbons (Fsp3) is 0.421. The van der Waals surface area contributed by atoms with Gasteiger partial charge in [-0.3, -0.25) is 0 Å². The van der Waals surface area contributed by atoms with Gasteiger partial charge in [0.1, 0.15) is 11.3 Å². The van der Waals surface area contributed by atoms with Crippen LogP contribution < -0.4 is 4.74 Å². The molecule has 0 spiro atoms. The molecule has 0 aliphatic heterocycles. The monoisotopic (exact) mass is 328 g/mol. The Hall–Kier alpha value is -2.43. The molecule has 1 heterocycles. The molecule has 5 heteroatoms. The van der Waals surface area contributed by atoms with Crippen LogP contribution in [0.5, 0.6) is 5.88 Å². The van der Waals surface area contributed by atoms with Crippen LogP contribution in [0.15, 0.2) is 36.7 Å². The minimum atomic E-state index is -0.330. The molecule has 0 aliphatic rings. The van der Waals surface area contributed by atoms with E-state index in [-0.39, 0.29) is 11.6 Å². The van der Waals surface area contributed by atoms with Crippen molar-refractivity contribution in [1.29, 1.82) is 0 Å². The van der Waals surface area contributed by atoms with E-state index < -0.39 is 0 Å². The van der Waals surface area contributed by atoms with Gasteiger partial charge in [0.15, 0.2) is 0 Å². The van der Waals surface area contributed by atoms with E-state index in [1.54, 1.807) is 31.5 Å². The lowest BCUT2D eigenvalue weighted by atomic mass is 10.0. The first-order valence-electron chi connectivity index (χ1n) is 8.24. The third-order valence-corrected chi connectivity index (χ3v) is 3.56. The molecule has 24 heavy (non-hydrogen) atoms. The highest BCUT2D eigenvalue weighted by molar-refractivity contribution is 5.90. The largest absolute Gasteiger partial charge is 0.470 e. The predicted molar refractivity (Wildman–Crippen MR) is 93.0 cm³/mol. The van der Waals surface area contributed by atoms with Gasteiger partial charge < -0.3 is 9.47 Å². The number of carbonyl (C=O) groups excluding carboxylic acids is 1. The molecule has 0 amide bonds. The topological polar surface area (TPSA) is 61.3 Å². The third kappa shape index (κ3) is 4.54. The van der Waals surface area contributed by atoms with Crippen molar-refractivity contribution in [1.82, 2.24) is 9.97 Å². The molecule has 0 bridgehead atoms. The summed E-state index contributed by atoms with van der Waals surface area (Å²) in [7, 11) is 0. The maximum absolute atomic E-state index is 11.7. The zero-order chi connectivity index (χ0) is 17.6. The number of ether oxygens (including phenoxy) is 2. The van der Waals surface area contributed by atoms with Crippen molar-refractivity contribution in [3.63, 3.8) is 0 Å². The Kier molecular flexibility index (Phi) is 5.90. The van der Waals surface area contributed by atoms with E-state index in [2.05, 4.69) is 16.9 Å². The Labute approximate surface area is 143 Å². The number of aromatic nitrogens is 2. The molecule has 0 aliphatic carbocycles. The van der Waals surface area contributed by atoms with Crippen molar-refractivity contribution in [3.05, 3.63) is 42.2 Å².